The molecule has 5 aromatic rings. The summed E-state index contributed by atoms with van der Waals surface area (Å²) in [5, 5.41) is 2.04. The van der Waals surface area contributed by atoms with Crippen LogP contribution in [-0.2, 0) is 30.7 Å². The monoisotopic (exact) mass is 770 g/mol. The van der Waals surface area contributed by atoms with E-state index in [4.69, 9.17) is 26.5 Å². The first-order valence-electron chi connectivity index (χ1n) is 19.1. The fourth-order valence-electron chi connectivity index (χ4n) is 7.05. The van der Waals surface area contributed by atoms with Gasteiger partial charge >= 0.3 is 16.8 Å². The second-order valence-corrected chi connectivity index (χ2v) is 21.3. The molecule has 1 aromatic heterocycles. The molecule has 1 aliphatic heterocycles. The van der Waals surface area contributed by atoms with Gasteiger partial charge in [0.1, 0.15) is 22.7 Å². The van der Waals surface area contributed by atoms with Crippen molar-refractivity contribution in [2.45, 2.75) is 132 Å². The third-order valence-corrected chi connectivity index (χ3v) is 12.2. The van der Waals surface area contributed by atoms with Crippen molar-refractivity contribution in [3.63, 3.8) is 0 Å². The first kappa shape index (κ1) is 40.4. The van der Waals surface area contributed by atoms with Crippen LogP contribution in [0.2, 0.25) is 0 Å². The van der Waals surface area contributed by atoms with Crippen LogP contribution in [0.25, 0.3) is 33.1 Å². The molecule has 1 aliphatic rings. The average Bonchev–Trinajstić information content (AvgIpc) is 3.49. The van der Waals surface area contributed by atoms with Gasteiger partial charge in [-0.15, -0.1) is 0 Å². The smallest absolute Gasteiger partial charge is 0.426 e. The van der Waals surface area contributed by atoms with Gasteiger partial charge in [0.15, 0.2) is 0 Å². The zero-order valence-electron chi connectivity index (χ0n) is 35.4. The lowest BCUT2D eigenvalue weighted by atomic mass is 9.75. The van der Waals surface area contributed by atoms with Crippen LogP contribution in [-0.4, -0.2) is 13.2 Å². The molecule has 54 heavy (non-hydrogen) atoms. The number of hydrogen-bond donors (Lipinski definition) is 0. The first-order chi connectivity index (χ1) is 24.9. The van der Waals surface area contributed by atoms with E-state index in [0.29, 0.717) is 13.2 Å². The van der Waals surface area contributed by atoms with Crippen LogP contribution < -0.4 is 9.05 Å². The molecule has 8 heteroatoms. The molecule has 0 atom stereocenters. The van der Waals surface area contributed by atoms with Crippen molar-refractivity contribution in [3.8, 4) is 22.6 Å². The quantitative estimate of drug-likeness (QED) is 0.166. The van der Waals surface area contributed by atoms with E-state index in [-0.39, 0.29) is 21.7 Å². The summed E-state index contributed by atoms with van der Waals surface area (Å²) in [5.41, 5.74) is 11.5. The van der Waals surface area contributed by atoms with Gasteiger partial charge in [0.05, 0.1) is 13.2 Å². The zero-order chi connectivity index (χ0) is 39.7. The molecule has 290 valence electrons. The molecule has 2 heterocycles. The third kappa shape index (κ3) is 8.29. The Morgan fingerprint density at radius 2 is 0.870 bits per heavy atom. The van der Waals surface area contributed by atoms with E-state index < -0.39 is 16.8 Å². The Morgan fingerprint density at radius 1 is 0.481 bits per heavy atom. The molecule has 6 nitrogen and oxygen atoms in total. The summed E-state index contributed by atoms with van der Waals surface area (Å²) in [6, 6.07) is 17.9. The van der Waals surface area contributed by atoms with E-state index in [1.807, 2.05) is 0 Å². The van der Waals surface area contributed by atoms with Gasteiger partial charge in [-0.3, -0.25) is 0 Å². The third-order valence-electron chi connectivity index (χ3n) is 10.1. The SMILES string of the molecule is Cc1cc(C)c2op(Oc3c(-c4cc(C(C)(C)C)cc(C(C)(C)C)c4OP4OCCO4)cc(C(C)(C)C)cc3C(C)(C)C)oc3c(C)cc(C)cc3c2c1. The average molecular weight is 771 g/mol. The second-order valence-electron chi connectivity index (χ2n) is 19.2. The standard InChI is InChI=1S/C46H60O6P2/c1-27-19-29(3)39-33(21-27)34-22-28(2)20-30(4)40(34)50-54(49-39)52-42-36(24-32(44(8,9)10)26-38(42)46(14,15)16)35-23-31(43(5,6)7)25-37(45(11,12)13)41(35)51-53-47-17-18-48-53/h19-26H,17-18H2,1-16H3. The van der Waals surface area contributed by atoms with Crippen LogP contribution in [0.15, 0.2) is 56.9 Å². The van der Waals surface area contributed by atoms with Crippen LogP contribution in [0.5, 0.6) is 11.5 Å². The topological polar surface area (TPSA) is 63.2 Å². The Balaban J connectivity index is 1.77. The maximum atomic E-state index is 7.31. The Hall–Kier alpha value is -3.27. The molecule has 0 N–H and O–H groups in total. The molecular formula is C46H60O6P2. The van der Waals surface area contributed by atoms with Crippen molar-refractivity contribution in [2.24, 2.45) is 0 Å². The van der Waals surface area contributed by atoms with Crippen molar-refractivity contribution in [2.75, 3.05) is 13.2 Å². The lowest BCUT2D eigenvalue weighted by Crippen LogP contribution is -2.19. The Labute approximate surface area is 325 Å². The van der Waals surface area contributed by atoms with E-state index in [2.05, 4.69) is 159 Å². The molecule has 1 fully saturated rings. The summed E-state index contributed by atoms with van der Waals surface area (Å²) in [6.07, 6.45) is 0. The molecule has 0 saturated carbocycles. The lowest BCUT2D eigenvalue weighted by Gasteiger charge is -2.32. The van der Waals surface area contributed by atoms with Gasteiger partial charge in [0.25, 0.3) is 0 Å². The van der Waals surface area contributed by atoms with Gasteiger partial charge in [0.2, 0.25) is 0 Å². The highest BCUT2D eigenvalue weighted by atomic mass is 31.2. The number of fused-ring (bicyclic) bond motifs is 3. The van der Waals surface area contributed by atoms with Gasteiger partial charge in [-0.05, 0) is 107 Å². The van der Waals surface area contributed by atoms with Gasteiger partial charge in [-0.25, -0.2) is 0 Å². The summed E-state index contributed by atoms with van der Waals surface area (Å²) >= 11 is 0. The number of aryl methyl sites for hydroxylation is 4. The zero-order valence-corrected chi connectivity index (χ0v) is 37.2. The van der Waals surface area contributed by atoms with Crippen molar-refractivity contribution in [1.29, 1.82) is 0 Å². The molecule has 0 amide bonds. The molecule has 1 saturated heterocycles. The predicted molar refractivity (Wildman–Crippen MR) is 227 cm³/mol. The Morgan fingerprint density at radius 3 is 1.24 bits per heavy atom. The van der Waals surface area contributed by atoms with Crippen LogP contribution in [0.4, 0.5) is 0 Å². The fraction of sp³-hybridized carbons (Fsp3) is 0.478. The predicted octanol–water partition coefficient (Wildman–Crippen LogP) is 14.9. The molecular weight excluding hydrogens is 710 g/mol. The number of hydrogen-bond acceptors (Lipinski definition) is 6. The van der Waals surface area contributed by atoms with Gasteiger partial charge < -0.3 is 26.5 Å². The minimum absolute atomic E-state index is 0.148. The fourth-order valence-corrected chi connectivity index (χ4v) is 9.27. The van der Waals surface area contributed by atoms with Crippen LogP contribution in [0.1, 0.15) is 128 Å². The largest absolute Gasteiger partial charge is 0.453 e. The summed E-state index contributed by atoms with van der Waals surface area (Å²) in [6.45, 7) is 36.4. The maximum Gasteiger partial charge on any atom is 0.453 e. The highest BCUT2D eigenvalue weighted by Gasteiger charge is 2.34. The minimum atomic E-state index is -1.98. The van der Waals surface area contributed by atoms with E-state index in [0.717, 1.165) is 66.8 Å². The molecule has 0 bridgehead atoms. The van der Waals surface area contributed by atoms with Crippen molar-refractivity contribution < 1.29 is 26.5 Å². The van der Waals surface area contributed by atoms with Crippen molar-refractivity contribution in [3.05, 3.63) is 93.0 Å². The first-order valence-corrected chi connectivity index (χ1v) is 21.3. The Kier molecular flexibility index (Phi) is 10.7. The molecule has 0 aliphatic carbocycles. The second kappa shape index (κ2) is 14.3. The summed E-state index contributed by atoms with van der Waals surface area (Å²) < 4.78 is 40.0. The van der Waals surface area contributed by atoms with E-state index in [1.54, 1.807) is 0 Å². The van der Waals surface area contributed by atoms with Gasteiger partial charge in [-0.1, -0.05) is 107 Å². The molecule has 0 unspecified atom stereocenters. The molecule has 6 rings (SSSR count). The van der Waals surface area contributed by atoms with Crippen LogP contribution >= 0.6 is 16.8 Å². The Bertz CT molecular complexity index is 2200. The summed E-state index contributed by atoms with van der Waals surface area (Å²) in [5.74, 6) is 1.47. The lowest BCUT2D eigenvalue weighted by molar-refractivity contribution is 0.350. The number of rotatable bonds is 5. The van der Waals surface area contributed by atoms with Crippen molar-refractivity contribution in [1.82, 2.24) is 0 Å². The minimum Gasteiger partial charge on any atom is -0.426 e. The van der Waals surface area contributed by atoms with Crippen LogP contribution in [0, 0.1) is 27.7 Å². The van der Waals surface area contributed by atoms with Crippen molar-refractivity contribution >= 4 is 38.8 Å². The maximum absolute atomic E-state index is 7.31. The van der Waals surface area contributed by atoms with E-state index >= 15 is 0 Å². The van der Waals surface area contributed by atoms with Crippen LogP contribution in [0.3, 0.4) is 0 Å². The molecule has 0 radical (unpaired) electrons. The summed E-state index contributed by atoms with van der Waals surface area (Å²) in [4.78, 5) is 0. The summed E-state index contributed by atoms with van der Waals surface area (Å²) in [7, 11) is -3.55. The van der Waals surface area contributed by atoms with Gasteiger partial charge in [-0.2, -0.15) is 0 Å². The molecule has 0 spiro atoms. The van der Waals surface area contributed by atoms with Gasteiger partial charge in [0, 0.05) is 33.0 Å². The highest BCUT2D eigenvalue weighted by Crippen LogP contribution is 2.55. The highest BCUT2D eigenvalue weighted by molar-refractivity contribution is 7.42. The number of benzene rings is 4. The van der Waals surface area contributed by atoms with E-state index in [1.165, 1.54) is 22.3 Å². The molecule has 4 aromatic carbocycles. The van der Waals surface area contributed by atoms with E-state index in [9.17, 15) is 0 Å². The normalized spacial score (nSPS) is 14.7.